The van der Waals surface area contributed by atoms with E-state index in [9.17, 15) is 4.79 Å². The zero-order valence-electron chi connectivity index (χ0n) is 14.2. The fraction of sp³-hybridized carbons (Fsp3) is 0.611. The van der Waals surface area contributed by atoms with Gasteiger partial charge in [0.2, 0.25) is 0 Å². The highest BCUT2D eigenvalue weighted by Crippen LogP contribution is 2.34. The molecule has 0 aromatic heterocycles. The van der Waals surface area contributed by atoms with Crippen molar-refractivity contribution < 1.29 is 14.3 Å². The van der Waals surface area contributed by atoms with Gasteiger partial charge in [-0.1, -0.05) is 12.1 Å². The average Bonchev–Trinajstić information content (AvgIpc) is 3.46. The normalized spacial score (nSPS) is 24.0. The number of carbonyl (C=O) groups excluding carboxylic acids is 1. The van der Waals surface area contributed by atoms with Crippen LogP contribution < -0.4 is 14.8 Å². The molecule has 1 saturated heterocycles. The van der Waals surface area contributed by atoms with E-state index in [0.717, 1.165) is 55.7 Å². The Kier molecular flexibility index (Phi) is 4.22. The number of urea groups is 1. The molecule has 0 bridgehead atoms. The molecule has 2 amide bonds. The van der Waals surface area contributed by atoms with Gasteiger partial charge in [0.05, 0.1) is 13.2 Å². The molecule has 2 aliphatic heterocycles. The van der Waals surface area contributed by atoms with E-state index in [1.165, 1.54) is 12.8 Å². The molecule has 1 atom stereocenters. The van der Waals surface area contributed by atoms with E-state index in [1.807, 2.05) is 23.1 Å². The second-order valence-corrected chi connectivity index (χ2v) is 6.86. The van der Waals surface area contributed by atoms with Gasteiger partial charge in [-0.15, -0.1) is 0 Å². The molecule has 24 heavy (non-hydrogen) atoms. The van der Waals surface area contributed by atoms with E-state index in [2.05, 4.69) is 10.2 Å². The molecule has 1 N–H and O–H groups in total. The highest BCUT2D eigenvalue weighted by atomic mass is 16.5. The second-order valence-electron chi connectivity index (χ2n) is 6.86. The van der Waals surface area contributed by atoms with E-state index in [1.54, 1.807) is 7.11 Å². The maximum absolute atomic E-state index is 12.5. The summed E-state index contributed by atoms with van der Waals surface area (Å²) in [5, 5.41) is 3.13. The van der Waals surface area contributed by atoms with Gasteiger partial charge in [0.15, 0.2) is 11.5 Å². The molecule has 130 valence electrons. The Labute approximate surface area is 142 Å². The number of para-hydroxylation sites is 1. The Morgan fingerprint density at radius 1 is 1.25 bits per heavy atom. The summed E-state index contributed by atoms with van der Waals surface area (Å²) in [6.45, 7) is 4.13. The van der Waals surface area contributed by atoms with Gasteiger partial charge < -0.3 is 19.7 Å². The smallest absolute Gasteiger partial charge is 0.317 e. The van der Waals surface area contributed by atoms with E-state index in [0.29, 0.717) is 6.61 Å². The molecular formula is C18H25N3O3. The predicted molar refractivity (Wildman–Crippen MR) is 90.7 cm³/mol. The van der Waals surface area contributed by atoms with Gasteiger partial charge >= 0.3 is 6.03 Å². The number of piperazine rings is 1. The molecule has 4 rings (SSSR count). The van der Waals surface area contributed by atoms with Crippen molar-refractivity contribution in [3.63, 3.8) is 0 Å². The van der Waals surface area contributed by atoms with Gasteiger partial charge in [-0.2, -0.15) is 0 Å². The summed E-state index contributed by atoms with van der Waals surface area (Å²) < 4.78 is 11.2. The molecule has 3 aliphatic rings. The van der Waals surface area contributed by atoms with Crippen LogP contribution in [0.1, 0.15) is 18.4 Å². The van der Waals surface area contributed by atoms with Crippen LogP contribution in [0.4, 0.5) is 4.79 Å². The molecule has 1 unspecified atom stereocenters. The largest absolute Gasteiger partial charge is 0.493 e. The van der Waals surface area contributed by atoms with E-state index >= 15 is 0 Å². The minimum Gasteiger partial charge on any atom is -0.493 e. The van der Waals surface area contributed by atoms with Crippen LogP contribution in [0.25, 0.3) is 0 Å². The number of ether oxygens (including phenoxy) is 2. The number of nitrogens with zero attached hydrogens (tertiary/aromatic N) is 2. The number of nitrogens with one attached hydrogen (secondary N) is 1. The van der Waals surface area contributed by atoms with E-state index in [-0.39, 0.29) is 12.1 Å². The Bertz CT molecular complexity index is 610. The quantitative estimate of drug-likeness (QED) is 0.912. The van der Waals surface area contributed by atoms with Crippen LogP contribution in [0.2, 0.25) is 0 Å². The number of hydrogen-bond acceptors (Lipinski definition) is 4. The molecule has 1 aromatic carbocycles. The zero-order valence-corrected chi connectivity index (χ0v) is 14.2. The molecule has 1 saturated carbocycles. The standard InChI is InChI=1S/C18H25N3O3/c1-23-16-4-2-3-13-11-14(12-24-17(13)16)19-18(22)21-9-7-20(8-10-21)15-5-6-15/h2-4,14-15H,5-12H2,1H3,(H,19,22). The molecule has 0 radical (unpaired) electrons. The number of amides is 2. The second kappa shape index (κ2) is 6.51. The topological polar surface area (TPSA) is 54.0 Å². The fourth-order valence-electron chi connectivity index (χ4n) is 3.64. The SMILES string of the molecule is COc1cccc2c1OCC(NC(=O)N1CCN(C3CC3)CC1)C2. The third-order valence-electron chi connectivity index (χ3n) is 5.17. The van der Waals surface area contributed by atoms with Crippen LogP contribution in [0.15, 0.2) is 18.2 Å². The third kappa shape index (κ3) is 3.15. The lowest BCUT2D eigenvalue weighted by Crippen LogP contribution is -2.55. The van der Waals surface area contributed by atoms with Crippen LogP contribution in [0, 0.1) is 0 Å². The molecule has 0 spiro atoms. The highest BCUT2D eigenvalue weighted by molar-refractivity contribution is 5.74. The Balaban J connectivity index is 1.32. The monoisotopic (exact) mass is 331 g/mol. The zero-order chi connectivity index (χ0) is 16.5. The first-order valence-electron chi connectivity index (χ1n) is 8.83. The summed E-state index contributed by atoms with van der Waals surface area (Å²) in [7, 11) is 1.65. The molecule has 1 aromatic rings. The Morgan fingerprint density at radius 2 is 2.04 bits per heavy atom. The van der Waals surface area contributed by atoms with E-state index < -0.39 is 0 Å². The molecule has 2 heterocycles. The average molecular weight is 331 g/mol. The fourth-order valence-corrected chi connectivity index (χ4v) is 3.64. The van der Waals surface area contributed by atoms with Crippen LogP contribution >= 0.6 is 0 Å². The third-order valence-corrected chi connectivity index (χ3v) is 5.17. The maximum Gasteiger partial charge on any atom is 0.317 e. The molecule has 6 heteroatoms. The maximum atomic E-state index is 12.5. The van der Waals surface area contributed by atoms with Crippen LogP contribution in [-0.2, 0) is 6.42 Å². The van der Waals surface area contributed by atoms with E-state index in [4.69, 9.17) is 9.47 Å². The van der Waals surface area contributed by atoms with Gasteiger partial charge in [-0.05, 0) is 25.3 Å². The van der Waals surface area contributed by atoms with Gasteiger partial charge in [0.1, 0.15) is 6.61 Å². The van der Waals surface area contributed by atoms with Crippen molar-refractivity contribution in [2.75, 3.05) is 39.9 Å². The number of methoxy groups -OCH3 is 1. The summed E-state index contributed by atoms with van der Waals surface area (Å²) in [6.07, 6.45) is 3.43. The molecular weight excluding hydrogens is 306 g/mol. The first kappa shape index (κ1) is 15.6. The Morgan fingerprint density at radius 3 is 2.75 bits per heavy atom. The van der Waals surface area contributed by atoms with Crippen molar-refractivity contribution in [2.45, 2.75) is 31.3 Å². The first-order chi connectivity index (χ1) is 11.7. The van der Waals surface area contributed by atoms with Crippen LogP contribution in [0.5, 0.6) is 11.5 Å². The van der Waals surface area contributed by atoms with Gasteiger partial charge in [-0.3, -0.25) is 4.90 Å². The number of carbonyl (C=O) groups is 1. The minimum absolute atomic E-state index is 0.0126. The first-order valence-corrected chi connectivity index (χ1v) is 8.83. The summed E-state index contributed by atoms with van der Waals surface area (Å²) >= 11 is 0. The van der Waals surface area contributed by atoms with Crippen molar-refractivity contribution in [2.24, 2.45) is 0 Å². The molecule has 6 nitrogen and oxygen atoms in total. The lowest BCUT2D eigenvalue weighted by Gasteiger charge is -2.36. The van der Waals surface area contributed by atoms with Crippen molar-refractivity contribution in [3.8, 4) is 11.5 Å². The van der Waals surface area contributed by atoms with Crippen molar-refractivity contribution in [1.29, 1.82) is 0 Å². The molecule has 2 fully saturated rings. The summed E-state index contributed by atoms with van der Waals surface area (Å²) in [5.74, 6) is 1.57. The summed E-state index contributed by atoms with van der Waals surface area (Å²) in [5.41, 5.74) is 1.09. The predicted octanol–water partition coefficient (Wildman–Crippen LogP) is 1.49. The number of hydrogen-bond donors (Lipinski definition) is 1. The van der Waals surface area contributed by atoms with Crippen LogP contribution in [-0.4, -0.2) is 67.8 Å². The van der Waals surface area contributed by atoms with Gasteiger partial charge in [-0.25, -0.2) is 4.79 Å². The van der Waals surface area contributed by atoms with Gasteiger partial charge in [0, 0.05) is 37.8 Å². The number of rotatable bonds is 3. The van der Waals surface area contributed by atoms with Crippen LogP contribution in [0.3, 0.4) is 0 Å². The summed E-state index contributed by atoms with van der Waals surface area (Å²) in [6, 6.07) is 6.72. The lowest BCUT2D eigenvalue weighted by atomic mass is 10.0. The highest BCUT2D eigenvalue weighted by Gasteiger charge is 2.33. The van der Waals surface area contributed by atoms with Crippen molar-refractivity contribution in [1.82, 2.24) is 15.1 Å². The molecule has 1 aliphatic carbocycles. The van der Waals surface area contributed by atoms with Gasteiger partial charge in [0.25, 0.3) is 0 Å². The number of fused-ring (bicyclic) bond motifs is 1. The van der Waals surface area contributed by atoms with Crippen molar-refractivity contribution in [3.05, 3.63) is 23.8 Å². The van der Waals surface area contributed by atoms with Crippen molar-refractivity contribution >= 4 is 6.03 Å². The lowest BCUT2D eigenvalue weighted by molar-refractivity contribution is 0.129. The summed E-state index contributed by atoms with van der Waals surface area (Å²) in [4.78, 5) is 17.0. The minimum atomic E-state index is 0.0126. The number of benzene rings is 1. The Hall–Kier alpha value is -1.95.